The van der Waals surface area contributed by atoms with Crippen molar-refractivity contribution < 1.29 is 5.11 Å². The molecule has 3 heteroatoms. The smallest absolute Gasteiger partial charge is 0.0611 e. The van der Waals surface area contributed by atoms with E-state index in [4.69, 9.17) is 0 Å². The number of aliphatic hydroxyl groups is 1. The zero-order valence-corrected chi connectivity index (χ0v) is 9.43. The summed E-state index contributed by atoms with van der Waals surface area (Å²) in [6.45, 7) is 6.40. The summed E-state index contributed by atoms with van der Waals surface area (Å²) in [6.07, 6.45) is 2.09. The number of hydrogen-bond acceptors (Lipinski definition) is 3. The van der Waals surface area contributed by atoms with Gasteiger partial charge in [0.25, 0.3) is 0 Å². The van der Waals surface area contributed by atoms with Crippen molar-refractivity contribution in [3.8, 4) is 0 Å². The summed E-state index contributed by atoms with van der Waals surface area (Å²) in [5.74, 6) is 0. The van der Waals surface area contributed by atoms with Crippen molar-refractivity contribution in [3.05, 3.63) is 0 Å². The van der Waals surface area contributed by atoms with E-state index in [1.807, 2.05) is 0 Å². The molecule has 0 radical (unpaired) electrons. The molecular formula is C10H24N2O. The normalized spacial score (nSPS) is 16.2. The van der Waals surface area contributed by atoms with E-state index in [1.54, 1.807) is 0 Å². The van der Waals surface area contributed by atoms with Crippen LogP contribution >= 0.6 is 0 Å². The van der Waals surface area contributed by atoms with Gasteiger partial charge in [-0.15, -0.1) is 0 Å². The highest BCUT2D eigenvalue weighted by Crippen LogP contribution is 2.08. The molecule has 0 aromatic rings. The molecule has 0 spiro atoms. The number of nitrogens with zero attached hydrogens (tertiary/aromatic N) is 1. The van der Waals surface area contributed by atoms with Crippen LogP contribution in [-0.2, 0) is 0 Å². The molecule has 0 bridgehead atoms. The monoisotopic (exact) mass is 188 g/mol. The molecule has 0 aliphatic heterocycles. The van der Waals surface area contributed by atoms with E-state index in [9.17, 15) is 5.11 Å². The Kier molecular flexibility index (Phi) is 6.29. The van der Waals surface area contributed by atoms with E-state index >= 15 is 0 Å². The fourth-order valence-electron chi connectivity index (χ4n) is 1.12. The van der Waals surface area contributed by atoms with Gasteiger partial charge >= 0.3 is 0 Å². The zero-order chi connectivity index (χ0) is 10.3. The Hall–Kier alpha value is -0.120. The summed E-state index contributed by atoms with van der Waals surface area (Å²) in [6, 6.07) is 0. The minimum absolute atomic E-state index is 0.111. The molecule has 0 saturated heterocycles. The number of rotatable bonds is 7. The van der Waals surface area contributed by atoms with Gasteiger partial charge in [0.15, 0.2) is 0 Å². The van der Waals surface area contributed by atoms with Crippen molar-refractivity contribution in [2.45, 2.75) is 32.2 Å². The van der Waals surface area contributed by atoms with Crippen molar-refractivity contribution in [3.63, 3.8) is 0 Å². The molecule has 2 N–H and O–H groups in total. The van der Waals surface area contributed by atoms with Crippen LogP contribution < -0.4 is 5.32 Å². The van der Waals surface area contributed by atoms with Crippen LogP contribution in [0.5, 0.6) is 0 Å². The van der Waals surface area contributed by atoms with Crippen LogP contribution in [0.4, 0.5) is 0 Å². The quantitative estimate of drug-likeness (QED) is 0.617. The average Bonchev–Trinajstić information content (AvgIpc) is 2.11. The number of nitrogens with one attached hydrogen (secondary N) is 1. The number of hydrogen-bond donors (Lipinski definition) is 2. The second kappa shape index (κ2) is 6.35. The van der Waals surface area contributed by atoms with Gasteiger partial charge in [-0.1, -0.05) is 6.92 Å². The van der Waals surface area contributed by atoms with E-state index in [-0.39, 0.29) is 12.1 Å². The first-order valence-electron chi connectivity index (χ1n) is 5.04. The maximum atomic E-state index is 9.24. The second-order valence-electron chi connectivity index (χ2n) is 4.20. The molecule has 0 aromatic heterocycles. The fraction of sp³-hybridized carbons (Fsp3) is 1.00. The Morgan fingerprint density at radius 1 is 1.38 bits per heavy atom. The SMILES string of the molecule is CCCNC(C)(CO)CCN(C)C. The van der Waals surface area contributed by atoms with Gasteiger partial charge in [-0.3, -0.25) is 0 Å². The van der Waals surface area contributed by atoms with Crippen molar-refractivity contribution in [1.29, 1.82) is 0 Å². The van der Waals surface area contributed by atoms with Gasteiger partial charge in [0.05, 0.1) is 6.61 Å². The van der Waals surface area contributed by atoms with Crippen molar-refractivity contribution >= 4 is 0 Å². The molecule has 1 atom stereocenters. The highest BCUT2D eigenvalue weighted by molar-refractivity contribution is 4.82. The molecule has 0 amide bonds. The van der Waals surface area contributed by atoms with Gasteiger partial charge in [-0.2, -0.15) is 0 Å². The first kappa shape index (κ1) is 12.9. The molecule has 13 heavy (non-hydrogen) atoms. The zero-order valence-electron chi connectivity index (χ0n) is 9.43. The first-order valence-corrected chi connectivity index (χ1v) is 5.04. The molecule has 0 heterocycles. The predicted octanol–water partition coefficient (Wildman–Crippen LogP) is 0.689. The minimum Gasteiger partial charge on any atom is -0.394 e. The van der Waals surface area contributed by atoms with Crippen LogP contribution in [0.3, 0.4) is 0 Å². The molecule has 1 unspecified atom stereocenters. The maximum absolute atomic E-state index is 9.24. The lowest BCUT2D eigenvalue weighted by atomic mass is 9.98. The van der Waals surface area contributed by atoms with Gasteiger partial charge in [0.1, 0.15) is 0 Å². The number of aliphatic hydroxyl groups excluding tert-OH is 1. The molecule has 0 fully saturated rings. The molecule has 0 aliphatic carbocycles. The highest BCUT2D eigenvalue weighted by Gasteiger charge is 2.21. The molecule has 0 saturated carbocycles. The summed E-state index contributed by atoms with van der Waals surface area (Å²) in [4.78, 5) is 2.14. The molecule has 0 aromatic carbocycles. The molecule has 0 rings (SSSR count). The Morgan fingerprint density at radius 2 is 2.00 bits per heavy atom. The third kappa shape index (κ3) is 6.02. The molecule has 0 aliphatic rings. The second-order valence-corrected chi connectivity index (χ2v) is 4.20. The van der Waals surface area contributed by atoms with E-state index in [0.29, 0.717) is 0 Å². The van der Waals surface area contributed by atoms with Gasteiger partial charge < -0.3 is 15.3 Å². The maximum Gasteiger partial charge on any atom is 0.0611 e. The summed E-state index contributed by atoms with van der Waals surface area (Å²) in [7, 11) is 4.11. The van der Waals surface area contributed by atoms with Gasteiger partial charge in [-0.05, 0) is 47.0 Å². The van der Waals surface area contributed by atoms with E-state index in [1.165, 1.54) is 0 Å². The van der Waals surface area contributed by atoms with Crippen molar-refractivity contribution in [2.75, 3.05) is 33.8 Å². The van der Waals surface area contributed by atoms with Gasteiger partial charge in [0, 0.05) is 5.54 Å². The average molecular weight is 188 g/mol. The van der Waals surface area contributed by atoms with Crippen LogP contribution in [0.25, 0.3) is 0 Å². The highest BCUT2D eigenvalue weighted by atomic mass is 16.3. The lowest BCUT2D eigenvalue weighted by molar-refractivity contribution is 0.156. The van der Waals surface area contributed by atoms with E-state index in [0.717, 1.165) is 25.9 Å². The molecule has 80 valence electrons. The standard InChI is InChI=1S/C10H24N2O/c1-5-7-11-10(2,9-13)6-8-12(3)4/h11,13H,5-9H2,1-4H3. The van der Waals surface area contributed by atoms with Crippen LogP contribution in [0.15, 0.2) is 0 Å². The van der Waals surface area contributed by atoms with Gasteiger partial charge in [0.2, 0.25) is 0 Å². The van der Waals surface area contributed by atoms with Crippen LogP contribution in [0, 0.1) is 0 Å². The largest absolute Gasteiger partial charge is 0.394 e. The summed E-state index contributed by atoms with van der Waals surface area (Å²) >= 11 is 0. The van der Waals surface area contributed by atoms with Crippen molar-refractivity contribution in [1.82, 2.24) is 10.2 Å². The fourth-order valence-corrected chi connectivity index (χ4v) is 1.12. The lowest BCUT2D eigenvalue weighted by Crippen LogP contribution is -2.47. The Bertz CT molecular complexity index is 128. The van der Waals surface area contributed by atoms with Gasteiger partial charge in [-0.25, -0.2) is 0 Å². The predicted molar refractivity (Wildman–Crippen MR) is 57.0 cm³/mol. The third-order valence-corrected chi connectivity index (χ3v) is 2.26. The first-order chi connectivity index (χ1) is 6.04. The lowest BCUT2D eigenvalue weighted by Gasteiger charge is -2.30. The minimum atomic E-state index is -0.111. The Morgan fingerprint density at radius 3 is 2.38 bits per heavy atom. The van der Waals surface area contributed by atoms with Crippen LogP contribution in [-0.4, -0.2) is 49.3 Å². The summed E-state index contributed by atoms with van der Waals surface area (Å²) < 4.78 is 0. The summed E-state index contributed by atoms with van der Waals surface area (Å²) in [5.41, 5.74) is -0.111. The Labute approximate surface area is 82.1 Å². The van der Waals surface area contributed by atoms with E-state index in [2.05, 4.69) is 38.2 Å². The molecule has 3 nitrogen and oxygen atoms in total. The third-order valence-electron chi connectivity index (χ3n) is 2.26. The molecular weight excluding hydrogens is 164 g/mol. The van der Waals surface area contributed by atoms with E-state index < -0.39 is 0 Å². The topological polar surface area (TPSA) is 35.5 Å². The van der Waals surface area contributed by atoms with Crippen molar-refractivity contribution in [2.24, 2.45) is 0 Å². The van der Waals surface area contributed by atoms with Crippen LogP contribution in [0.2, 0.25) is 0 Å². The summed E-state index contributed by atoms with van der Waals surface area (Å²) in [5, 5.41) is 12.6. The Balaban J connectivity index is 3.81. The van der Waals surface area contributed by atoms with Crippen LogP contribution in [0.1, 0.15) is 26.7 Å².